The molecule has 0 saturated heterocycles. The van der Waals surface area contributed by atoms with Crippen LogP contribution in [0.2, 0.25) is 0 Å². The maximum Gasteiger partial charge on any atom is 0.0975 e. The van der Waals surface area contributed by atoms with Gasteiger partial charge in [-0.25, -0.2) is 0 Å². The highest BCUT2D eigenvalue weighted by atomic mass is 16.3. The molecule has 0 amide bonds. The standard InChI is InChI=1S/C18H18O/c1-3-18(19)17(16-7-5-4-6-8-16)13-15-11-9-14(2)10-12-15/h3-13,18-19H,1H2,2H3/b17-13+. The number of aryl methyl sites for hydroxylation is 1. The van der Waals surface area contributed by atoms with E-state index in [-0.39, 0.29) is 0 Å². The highest BCUT2D eigenvalue weighted by Gasteiger charge is 2.09. The van der Waals surface area contributed by atoms with Crippen LogP contribution in [0.5, 0.6) is 0 Å². The van der Waals surface area contributed by atoms with Gasteiger partial charge in [0, 0.05) is 0 Å². The summed E-state index contributed by atoms with van der Waals surface area (Å²) in [6, 6.07) is 18.1. The van der Waals surface area contributed by atoms with Crippen molar-refractivity contribution in [1.82, 2.24) is 0 Å². The molecule has 96 valence electrons. The Labute approximate surface area is 114 Å². The summed E-state index contributed by atoms with van der Waals surface area (Å²) in [6.45, 7) is 5.73. The summed E-state index contributed by atoms with van der Waals surface area (Å²) >= 11 is 0. The molecule has 0 aromatic heterocycles. The van der Waals surface area contributed by atoms with Crippen molar-refractivity contribution in [3.63, 3.8) is 0 Å². The van der Waals surface area contributed by atoms with E-state index < -0.39 is 6.10 Å². The largest absolute Gasteiger partial charge is 0.384 e. The smallest absolute Gasteiger partial charge is 0.0975 e. The number of benzene rings is 2. The van der Waals surface area contributed by atoms with Gasteiger partial charge in [0.2, 0.25) is 0 Å². The lowest BCUT2D eigenvalue weighted by atomic mass is 9.97. The van der Waals surface area contributed by atoms with Gasteiger partial charge in [-0.3, -0.25) is 0 Å². The van der Waals surface area contributed by atoms with Gasteiger partial charge in [-0.1, -0.05) is 66.2 Å². The van der Waals surface area contributed by atoms with E-state index in [0.717, 1.165) is 16.7 Å². The molecule has 1 heteroatoms. The summed E-state index contributed by atoms with van der Waals surface area (Å²) in [5.41, 5.74) is 4.17. The van der Waals surface area contributed by atoms with Crippen molar-refractivity contribution in [2.45, 2.75) is 13.0 Å². The van der Waals surface area contributed by atoms with E-state index in [4.69, 9.17) is 0 Å². The summed E-state index contributed by atoms with van der Waals surface area (Å²) in [5.74, 6) is 0. The van der Waals surface area contributed by atoms with Gasteiger partial charge >= 0.3 is 0 Å². The molecule has 0 radical (unpaired) electrons. The zero-order chi connectivity index (χ0) is 13.7. The van der Waals surface area contributed by atoms with Gasteiger partial charge in [0.25, 0.3) is 0 Å². The first-order valence-electron chi connectivity index (χ1n) is 6.35. The van der Waals surface area contributed by atoms with Crippen molar-refractivity contribution in [3.8, 4) is 0 Å². The van der Waals surface area contributed by atoms with Gasteiger partial charge in [-0.2, -0.15) is 0 Å². The van der Waals surface area contributed by atoms with Crippen molar-refractivity contribution in [1.29, 1.82) is 0 Å². The Kier molecular flexibility index (Phi) is 4.32. The van der Waals surface area contributed by atoms with Gasteiger partial charge in [0.1, 0.15) is 0 Å². The van der Waals surface area contributed by atoms with Crippen LogP contribution in [-0.2, 0) is 0 Å². The molecular weight excluding hydrogens is 232 g/mol. The Hall–Kier alpha value is -2.12. The van der Waals surface area contributed by atoms with Gasteiger partial charge in [0.15, 0.2) is 0 Å². The average Bonchev–Trinajstić information content (AvgIpc) is 2.47. The third-order valence-corrected chi connectivity index (χ3v) is 3.05. The number of aliphatic hydroxyl groups is 1. The summed E-state index contributed by atoms with van der Waals surface area (Å²) in [7, 11) is 0. The van der Waals surface area contributed by atoms with Crippen molar-refractivity contribution in [3.05, 3.63) is 83.9 Å². The number of hydrogen-bond donors (Lipinski definition) is 1. The van der Waals surface area contributed by atoms with E-state index in [1.165, 1.54) is 5.56 Å². The molecular formula is C18H18O. The van der Waals surface area contributed by atoms with E-state index in [1.54, 1.807) is 6.08 Å². The molecule has 0 aliphatic heterocycles. The summed E-state index contributed by atoms with van der Waals surface area (Å²) in [6.07, 6.45) is 2.89. The molecule has 0 aliphatic rings. The Morgan fingerprint density at radius 2 is 1.68 bits per heavy atom. The van der Waals surface area contributed by atoms with E-state index in [0.29, 0.717) is 0 Å². The minimum Gasteiger partial charge on any atom is -0.384 e. The maximum atomic E-state index is 10.1. The van der Waals surface area contributed by atoms with Crippen molar-refractivity contribution in [2.75, 3.05) is 0 Å². The topological polar surface area (TPSA) is 20.2 Å². The SMILES string of the molecule is C=CC(O)/C(=C/c1ccc(C)cc1)c1ccccc1. The number of hydrogen-bond acceptors (Lipinski definition) is 1. The predicted molar refractivity (Wildman–Crippen MR) is 81.7 cm³/mol. The Bertz CT molecular complexity index is 564. The van der Waals surface area contributed by atoms with E-state index in [2.05, 4.69) is 25.6 Å². The molecule has 2 aromatic carbocycles. The molecule has 0 saturated carbocycles. The lowest BCUT2D eigenvalue weighted by Gasteiger charge is -2.12. The summed E-state index contributed by atoms with van der Waals surface area (Å²) in [4.78, 5) is 0. The zero-order valence-electron chi connectivity index (χ0n) is 11.1. The second kappa shape index (κ2) is 6.17. The molecule has 0 bridgehead atoms. The van der Waals surface area contributed by atoms with Crippen LogP contribution in [-0.4, -0.2) is 11.2 Å². The fourth-order valence-corrected chi connectivity index (χ4v) is 1.94. The Balaban J connectivity index is 2.43. The second-order valence-electron chi connectivity index (χ2n) is 4.56. The average molecular weight is 250 g/mol. The normalized spacial score (nSPS) is 13.1. The molecule has 1 nitrogen and oxygen atoms in total. The monoisotopic (exact) mass is 250 g/mol. The third-order valence-electron chi connectivity index (χ3n) is 3.05. The van der Waals surface area contributed by atoms with Crippen LogP contribution >= 0.6 is 0 Å². The highest BCUT2D eigenvalue weighted by molar-refractivity contribution is 5.84. The van der Waals surface area contributed by atoms with Gasteiger partial charge < -0.3 is 5.11 Å². The van der Waals surface area contributed by atoms with Gasteiger partial charge in [-0.15, -0.1) is 6.58 Å². The fourth-order valence-electron chi connectivity index (χ4n) is 1.94. The second-order valence-corrected chi connectivity index (χ2v) is 4.56. The van der Waals surface area contributed by atoms with Crippen LogP contribution in [0.15, 0.2) is 67.3 Å². The first kappa shape index (κ1) is 13.3. The fraction of sp³-hybridized carbons (Fsp3) is 0.111. The van der Waals surface area contributed by atoms with E-state index >= 15 is 0 Å². The van der Waals surface area contributed by atoms with Crippen molar-refractivity contribution in [2.24, 2.45) is 0 Å². The lowest BCUT2D eigenvalue weighted by molar-refractivity contribution is 0.281. The molecule has 1 N–H and O–H groups in total. The molecule has 0 fully saturated rings. The molecule has 0 heterocycles. The van der Waals surface area contributed by atoms with Crippen molar-refractivity contribution < 1.29 is 5.11 Å². The molecule has 1 unspecified atom stereocenters. The highest BCUT2D eigenvalue weighted by Crippen LogP contribution is 2.22. The van der Waals surface area contributed by atoms with Crippen LogP contribution in [0.1, 0.15) is 16.7 Å². The van der Waals surface area contributed by atoms with Crippen LogP contribution in [0.4, 0.5) is 0 Å². The minimum absolute atomic E-state index is 0.663. The minimum atomic E-state index is -0.663. The number of rotatable bonds is 4. The predicted octanol–water partition coefficient (Wildman–Crippen LogP) is 4.08. The van der Waals surface area contributed by atoms with Crippen LogP contribution in [0.3, 0.4) is 0 Å². The van der Waals surface area contributed by atoms with Gasteiger partial charge in [0.05, 0.1) is 6.10 Å². The molecule has 19 heavy (non-hydrogen) atoms. The quantitative estimate of drug-likeness (QED) is 0.640. The van der Waals surface area contributed by atoms with Gasteiger partial charge in [-0.05, 0) is 29.7 Å². The lowest BCUT2D eigenvalue weighted by Crippen LogP contribution is -2.05. The Morgan fingerprint density at radius 1 is 1.05 bits per heavy atom. The zero-order valence-corrected chi connectivity index (χ0v) is 11.1. The molecule has 2 rings (SSSR count). The van der Waals surface area contributed by atoms with E-state index in [9.17, 15) is 5.11 Å². The first-order valence-corrected chi connectivity index (χ1v) is 6.35. The van der Waals surface area contributed by atoms with Crippen molar-refractivity contribution >= 4 is 11.6 Å². The molecule has 1 atom stereocenters. The van der Waals surface area contributed by atoms with Crippen LogP contribution in [0.25, 0.3) is 11.6 Å². The van der Waals surface area contributed by atoms with Crippen LogP contribution < -0.4 is 0 Å². The van der Waals surface area contributed by atoms with E-state index in [1.807, 2.05) is 48.5 Å². The Morgan fingerprint density at radius 3 is 2.26 bits per heavy atom. The molecule has 0 aliphatic carbocycles. The summed E-state index contributed by atoms with van der Waals surface area (Å²) in [5, 5.41) is 10.1. The molecule has 0 spiro atoms. The van der Waals surface area contributed by atoms with Crippen LogP contribution in [0, 0.1) is 6.92 Å². The molecule has 2 aromatic rings. The summed E-state index contributed by atoms with van der Waals surface area (Å²) < 4.78 is 0. The maximum absolute atomic E-state index is 10.1. The third kappa shape index (κ3) is 3.43. The first-order chi connectivity index (χ1) is 9.20. The number of aliphatic hydroxyl groups excluding tert-OH is 1.